The van der Waals surface area contributed by atoms with E-state index >= 15 is 0 Å². The Balaban J connectivity index is 1.31. The number of anilines is 1. The van der Waals surface area contributed by atoms with E-state index in [0.29, 0.717) is 18.0 Å². The van der Waals surface area contributed by atoms with Crippen LogP contribution in [0.25, 0.3) is 0 Å². The van der Waals surface area contributed by atoms with E-state index in [2.05, 4.69) is 32.9 Å². The van der Waals surface area contributed by atoms with E-state index < -0.39 is 0 Å². The fraction of sp³-hybridized carbons (Fsp3) is 0.600. The smallest absolute Gasteiger partial charge is 0.407 e. The van der Waals surface area contributed by atoms with Crippen LogP contribution in [0, 0.1) is 6.92 Å². The monoisotopic (exact) mass is 401 g/mol. The Morgan fingerprint density at radius 1 is 1.31 bits per heavy atom. The second-order valence-electron chi connectivity index (χ2n) is 8.84. The molecule has 2 atom stereocenters. The molecule has 156 valence electrons. The van der Waals surface area contributed by atoms with Crippen molar-refractivity contribution in [2.24, 2.45) is 0 Å². The summed E-state index contributed by atoms with van der Waals surface area (Å²) in [4.78, 5) is 24.2. The molecule has 0 radical (unpaired) electrons. The van der Waals surface area contributed by atoms with Gasteiger partial charge in [-0.25, -0.2) is 4.79 Å². The number of amides is 2. The third kappa shape index (κ3) is 4.60. The summed E-state index contributed by atoms with van der Waals surface area (Å²) < 4.78 is 10.7. The number of ether oxygens (including phenoxy) is 1. The number of aromatic amines is 1. The zero-order valence-corrected chi connectivity index (χ0v) is 17.0. The van der Waals surface area contributed by atoms with Gasteiger partial charge < -0.3 is 19.9 Å². The molecule has 2 aliphatic carbocycles. The molecule has 2 aromatic heterocycles. The van der Waals surface area contributed by atoms with Crippen molar-refractivity contribution in [3.8, 4) is 0 Å². The lowest BCUT2D eigenvalue weighted by Gasteiger charge is -2.22. The molecular formula is C20H27N5O4. The van der Waals surface area contributed by atoms with Crippen LogP contribution in [-0.2, 0) is 21.4 Å². The maximum absolute atomic E-state index is 12.2. The first-order valence-electron chi connectivity index (χ1n) is 10.00. The highest BCUT2D eigenvalue weighted by Gasteiger charge is 2.42. The number of nitrogens with one attached hydrogen (secondary N) is 3. The largest absolute Gasteiger partial charge is 0.446 e. The first-order chi connectivity index (χ1) is 13.7. The molecule has 4 rings (SSSR count). The van der Waals surface area contributed by atoms with Crippen molar-refractivity contribution in [2.75, 3.05) is 5.32 Å². The number of H-pyrrole nitrogens is 1. The summed E-state index contributed by atoms with van der Waals surface area (Å²) >= 11 is 0. The summed E-state index contributed by atoms with van der Waals surface area (Å²) in [5.41, 5.74) is 1.39. The maximum atomic E-state index is 12.2. The first kappa shape index (κ1) is 19.5. The summed E-state index contributed by atoms with van der Waals surface area (Å²) in [6, 6.07) is 3.58. The highest BCUT2D eigenvalue weighted by atomic mass is 16.6. The predicted octanol–water partition coefficient (Wildman–Crippen LogP) is 2.98. The minimum absolute atomic E-state index is 0.0835. The van der Waals surface area contributed by atoms with E-state index in [9.17, 15) is 9.59 Å². The molecule has 0 bridgehead atoms. The second kappa shape index (κ2) is 7.20. The molecule has 9 heteroatoms. The predicted molar refractivity (Wildman–Crippen MR) is 104 cm³/mol. The average Bonchev–Trinajstić information content (AvgIpc) is 3.02. The molecule has 0 aromatic carbocycles. The SMILES string of the molecule is Cc1cc(CC(=O)Nc2cc([C@]3(C)CC[C@H](OC(=O)NC4(C)CC4)C3)[nH]n2)on1. The van der Waals surface area contributed by atoms with Crippen LogP contribution >= 0.6 is 0 Å². The summed E-state index contributed by atoms with van der Waals surface area (Å²) in [7, 11) is 0. The maximum Gasteiger partial charge on any atom is 0.407 e. The normalized spacial score (nSPS) is 24.9. The number of aryl methyl sites for hydroxylation is 1. The molecule has 2 amide bonds. The summed E-state index contributed by atoms with van der Waals surface area (Å²) in [5, 5.41) is 16.7. The molecule has 2 fully saturated rings. The molecule has 3 N–H and O–H groups in total. The quantitative estimate of drug-likeness (QED) is 0.684. The van der Waals surface area contributed by atoms with Gasteiger partial charge in [-0.3, -0.25) is 9.89 Å². The van der Waals surface area contributed by atoms with Gasteiger partial charge in [0, 0.05) is 28.8 Å². The fourth-order valence-electron chi connectivity index (χ4n) is 3.81. The molecule has 2 heterocycles. The number of carbonyl (C=O) groups excluding carboxylic acids is 2. The lowest BCUT2D eigenvalue weighted by Crippen LogP contribution is -2.36. The Hall–Kier alpha value is -2.84. The van der Waals surface area contributed by atoms with E-state index in [0.717, 1.165) is 37.1 Å². The minimum Gasteiger partial charge on any atom is -0.446 e. The van der Waals surface area contributed by atoms with E-state index in [1.54, 1.807) is 13.0 Å². The second-order valence-corrected chi connectivity index (χ2v) is 8.84. The van der Waals surface area contributed by atoms with Crippen LogP contribution in [0.3, 0.4) is 0 Å². The van der Waals surface area contributed by atoms with Gasteiger partial charge >= 0.3 is 6.09 Å². The Morgan fingerprint density at radius 2 is 2.10 bits per heavy atom. The van der Waals surface area contributed by atoms with Crippen LogP contribution in [0.15, 0.2) is 16.7 Å². The highest BCUT2D eigenvalue weighted by Crippen LogP contribution is 2.42. The molecule has 9 nitrogen and oxygen atoms in total. The van der Waals surface area contributed by atoms with Gasteiger partial charge in [-0.15, -0.1) is 0 Å². The Kier molecular flexibility index (Phi) is 4.84. The van der Waals surface area contributed by atoms with Gasteiger partial charge in [0.05, 0.1) is 12.1 Å². The number of nitrogens with zero attached hydrogens (tertiary/aromatic N) is 2. The highest BCUT2D eigenvalue weighted by molar-refractivity contribution is 5.91. The van der Waals surface area contributed by atoms with Gasteiger partial charge in [-0.2, -0.15) is 5.10 Å². The zero-order valence-electron chi connectivity index (χ0n) is 17.0. The van der Waals surface area contributed by atoms with Crippen LogP contribution in [0.1, 0.15) is 63.1 Å². The van der Waals surface area contributed by atoms with E-state index in [4.69, 9.17) is 9.26 Å². The molecule has 2 saturated carbocycles. The molecule has 2 aliphatic rings. The summed E-state index contributed by atoms with van der Waals surface area (Å²) in [6.07, 6.45) is 4.03. The lowest BCUT2D eigenvalue weighted by molar-refractivity contribution is -0.115. The minimum atomic E-state index is -0.334. The van der Waals surface area contributed by atoms with Crippen molar-refractivity contribution in [3.63, 3.8) is 0 Å². The molecule has 0 spiro atoms. The number of hydrogen-bond acceptors (Lipinski definition) is 6. The number of rotatable bonds is 6. The van der Waals surface area contributed by atoms with Crippen molar-refractivity contribution in [1.82, 2.24) is 20.7 Å². The fourth-order valence-corrected chi connectivity index (χ4v) is 3.81. The van der Waals surface area contributed by atoms with Crippen LogP contribution in [0.4, 0.5) is 10.6 Å². The molecule has 0 aliphatic heterocycles. The number of aromatic nitrogens is 3. The Morgan fingerprint density at radius 3 is 2.79 bits per heavy atom. The number of hydrogen-bond donors (Lipinski definition) is 3. The lowest BCUT2D eigenvalue weighted by atomic mass is 9.85. The van der Waals surface area contributed by atoms with Crippen LogP contribution in [-0.4, -0.2) is 39.0 Å². The average molecular weight is 401 g/mol. The molecule has 0 saturated heterocycles. The third-order valence-electron chi connectivity index (χ3n) is 5.88. The van der Waals surface area contributed by atoms with Gasteiger partial charge in [0.2, 0.25) is 5.91 Å². The van der Waals surface area contributed by atoms with Crippen LogP contribution in [0.2, 0.25) is 0 Å². The standard InChI is InChI=1S/C20H27N5O4/c1-12-8-14(29-25-12)9-17(26)21-16-10-15(23-24-16)19(2)5-4-13(11-19)28-18(27)22-20(3)6-7-20/h8,10,13H,4-7,9,11H2,1-3H3,(H,22,27)(H2,21,23,24,26)/t13-,19+/m0/s1. The van der Waals surface area contributed by atoms with Crippen molar-refractivity contribution >= 4 is 17.8 Å². The molecule has 2 aromatic rings. The summed E-state index contributed by atoms with van der Waals surface area (Å²) in [5.74, 6) is 0.755. The van der Waals surface area contributed by atoms with Crippen molar-refractivity contribution < 1.29 is 18.8 Å². The van der Waals surface area contributed by atoms with Crippen LogP contribution < -0.4 is 10.6 Å². The molecular weight excluding hydrogens is 374 g/mol. The van der Waals surface area contributed by atoms with E-state index in [-0.39, 0.29) is 35.5 Å². The van der Waals surface area contributed by atoms with Gasteiger partial charge in [0.15, 0.2) is 5.82 Å². The van der Waals surface area contributed by atoms with Crippen molar-refractivity contribution in [2.45, 2.75) is 76.4 Å². The van der Waals surface area contributed by atoms with Gasteiger partial charge in [0.1, 0.15) is 11.9 Å². The van der Waals surface area contributed by atoms with Gasteiger partial charge in [-0.05, 0) is 46.0 Å². The Labute approximate surface area is 168 Å². The topological polar surface area (TPSA) is 122 Å². The summed E-state index contributed by atoms with van der Waals surface area (Å²) in [6.45, 7) is 5.95. The molecule has 0 unspecified atom stereocenters. The van der Waals surface area contributed by atoms with E-state index in [1.807, 2.05) is 13.0 Å². The van der Waals surface area contributed by atoms with Crippen molar-refractivity contribution in [1.29, 1.82) is 0 Å². The zero-order chi connectivity index (χ0) is 20.6. The molecule has 29 heavy (non-hydrogen) atoms. The first-order valence-corrected chi connectivity index (χ1v) is 10.00. The van der Waals surface area contributed by atoms with Gasteiger partial charge in [-0.1, -0.05) is 12.1 Å². The van der Waals surface area contributed by atoms with Gasteiger partial charge in [0.25, 0.3) is 0 Å². The van der Waals surface area contributed by atoms with Crippen LogP contribution in [0.5, 0.6) is 0 Å². The number of alkyl carbamates (subject to hydrolysis) is 1. The van der Waals surface area contributed by atoms with Crippen molar-refractivity contribution in [3.05, 3.63) is 29.3 Å². The number of carbonyl (C=O) groups is 2. The Bertz CT molecular complexity index is 916. The third-order valence-corrected chi connectivity index (χ3v) is 5.88. The van der Waals surface area contributed by atoms with E-state index in [1.165, 1.54) is 0 Å².